The van der Waals surface area contributed by atoms with Crippen molar-refractivity contribution in [3.05, 3.63) is 0 Å². The number of aromatic nitrogens is 3. The third-order valence-corrected chi connectivity index (χ3v) is 3.35. The van der Waals surface area contributed by atoms with Crippen molar-refractivity contribution in [3.8, 4) is 6.01 Å². The summed E-state index contributed by atoms with van der Waals surface area (Å²) in [6.07, 6.45) is 2.08. The molecule has 2 heterocycles. The third-order valence-electron chi connectivity index (χ3n) is 3.35. The van der Waals surface area contributed by atoms with Crippen LogP contribution in [-0.4, -0.2) is 61.5 Å². The molecule has 8 nitrogen and oxygen atoms in total. The normalized spacial score (nSPS) is 16.1. The average Bonchev–Trinajstić information content (AvgIpc) is 2.48. The quantitative estimate of drug-likeness (QED) is 0.731. The number of hydrogen-bond acceptors (Lipinski definition) is 8. The first-order valence-corrected chi connectivity index (χ1v) is 6.76. The number of nitrogens with one attached hydrogen (secondary N) is 1. The minimum atomic E-state index is 0.170. The topological polar surface area (TPSA) is 98.4 Å². The van der Waals surface area contributed by atoms with E-state index in [4.69, 9.17) is 15.2 Å². The summed E-state index contributed by atoms with van der Waals surface area (Å²) in [5, 5.41) is 3.35. The van der Waals surface area contributed by atoms with Crippen LogP contribution in [0.3, 0.4) is 0 Å². The van der Waals surface area contributed by atoms with Gasteiger partial charge in [0.25, 0.3) is 0 Å². The molecular formula is C12H22N6O2. The number of methoxy groups -OCH3 is 2. The Labute approximate surface area is 118 Å². The summed E-state index contributed by atoms with van der Waals surface area (Å²) in [5.41, 5.74) is 5.72. The molecule has 1 aromatic rings. The Hall–Kier alpha value is -1.67. The van der Waals surface area contributed by atoms with Gasteiger partial charge in [0.1, 0.15) is 0 Å². The zero-order valence-electron chi connectivity index (χ0n) is 12.0. The number of ether oxygens (including phenoxy) is 2. The molecule has 3 N–H and O–H groups in total. The van der Waals surface area contributed by atoms with Crippen molar-refractivity contribution >= 4 is 11.9 Å². The lowest BCUT2D eigenvalue weighted by Crippen LogP contribution is -2.45. The summed E-state index contributed by atoms with van der Waals surface area (Å²) < 4.78 is 10.2. The van der Waals surface area contributed by atoms with E-state index in [2.05, 4.69) is 25.2 Å². The van der Waals surface area contributed by atoms with Gasteiger partial charge in [-0.05, 0) is 25.9 Å². The van der Waals surface area contributed by atoms with Gasteiger partial charge in [-0.15, -0.1) is 0 Å². The number of nitrogens with zero attached hydrogens (tertiary/aromatic N) is 4. The Morgan fingerprint density at radius 1 is 1.25 bits per heavy atom. The number of anilines is 2. The van der Waals surface area contributed by atoms with Gasteiger partial charge in [-0.2, -0.15) is 15.0 Å². The molecule has 1 aliphatic rings. The second-order valence-electron chi connectivity index (χ2n) is 4.65. The van der Waals surface area contributed by atoms with Gasteiger partial charge < -0.3 is 25.4 Å². The van der Waals surface area contributed by atoms with Crippen molar-refractivity contribution in [2.24, 2.45) is 0 Å². The summed E-state index contributed by atoms with van der Waals surface area (Å²) in [6.45, 7) is 3.31. The fraction of sp³-hybridized carbons (Fsp3) is 0.750. The maximum atomic E-state index is 5.72. The van der Waals surface area contributed by atoms with Gasteiger partial charge in [-0.25, -0.2) is 0 Å². The van der Waals surface area contributed by atoms with E-state index in [1.54, 1.807) is 7.11 Å². The first-order chi connectivity index (χ1) is 9.74. The van der Waals surface area contributed by atoms with Crippen molar-refractivity contribution in [2.45, 2.75) is 18.9 Å². The molecule has 0 bridgehead atoms. The first kappa shape index (κ1) is 14.7. The Balaban J connectivity index is 2.22. The van der Waals surface area contributed by atoms with E-state index >= 15 is 0 Å². The molecule has 20 heavy (non-hydrogen) atoms. The molecule has 0 spiro atoms. The maximum absolute atomic E-state index is 5.72. The number of piperidine rings is 1. The van der Waals surface area contributed by atoms with Gasteiger partial charge in [0.2, 0.25) is 11.9 Å². The molecule has 1 aliphatic heterocycles. The zero-order chi connectivity index (χ0) is 14.4. The van der Waals surface area contributed by atoms with Crippen LogP contribution in [0, 0.1) is 0 Å². The van der Waals surface area contributed by atoms with Crippen LogP contribution in [0.5, 0.6) is 6.01 Å². The van der Waals surface area contributed by atoms with Crippen LogP contribution in [0.15, 0.2) is 0 Å². The lowest BCUT2D eigenvalue weighted by Gasteiger charge is -2.34. The van der Waals surface area contributed by atoms with Crippen molar-refractivity contribution in [2.75, 3.05) is 51.1 Å². The molecule has 0 atom stereocenters. The Morgan fingerprint density at radius 2 is 2.00 bits per heavy atom. The number of nitrogens with two attached hydrogens (primary N) is 1. The molecule has 0 saturated carbocycles. The van der Waals surface area contributed by atoms with Gasteiger partial charge in [-0.1, -0.05) is 0 Å². The smallest absolute Gasteiger partial charge is 0.322 e. The fourth-order valence-electron chi connectivity index (χ4n) is 2.33. The highest BCUT2D eigenvalue weighted by molar-refractivity contribution is 5.37. The van der Waals surface area contributed by atoms with Crippen LogP contribution >= 0.6 is 0 Å². The Kier molecular flexibility index (Phi) is 5.31. The maximum Gasteiger partial charge on any atom is 0.322 e. The van der Waals surface area contributed by atoms with Gasteiger partial charge >= 0.3 is 6.01 Å². The molecule has 0 unspecified atom stereocenters. The molecule has 0 aliphatic carbocycles. The van der Waals surface area contributed by atoms with E-state index in [-0.39, 0.29) is 12.0 Å². The molecule has 8 heteroatoms. The van der Waals surface area contributed by atoms with Crippen LogP contribution in [0.1, 0.15) is 12.8 Å². The highest BCUT2D eigenvalue weighted by atomic mass is 16.5. The summed E-state index contributed by atoms with van der Waals surface area (Å²) in [6, 6.07) is 0.613. The minimum Gasteiger partial charge on any atom is -0.467 e. The predicted octanol–water partition coefficient (Wildman–Crippen LogP) is -0.333. The summed E-state index contributed by atoms with van der Waals surface area (Å²) >= 11 is 0. The van der Waals surface area contributed by atoms with Crippen molar-refractivity contribution in [1.29, 1.82) is 0 Å². The Morgan fingerprint density at radius 3 is 2.65 bits per heavy atom. The molecule has 0 radical (unpaired) electrons. The van der Waals surface area contributed by atoms with Gasteiger partial charge in [-0.3, -0.25) is 0 Å². The van der Waals surface area contributed by atoms with E-state index in [9.17, 15) is 0 Å². The van der Waals surface area contributed by atoms with Crippen molar-refractivity contribution < 1.29 is 9.47 Å². The van der Waals surface area contributed by atoms with Crippen LogP contribution in [0.25, 0.3) is 0 Å². The SMILES string of the molecule is COCCN(c1nc(N)nc(OC)n1)C1CCNCC1. The molecule has 1 saturated heterocycles. The van der Waals surface area contributed by atoms with Crippen molar-refractivity contribution in [1.82, 2.24) is 20.3 Å². The van der Waals surface area contributed by atoms with Crippen LogP contribution in [-0.2, 0) is 4.74 Å². The number of nitrogen functional groups attached to an aromatic ring is 1. The highest BCUT2D eigenvalue weighted by Gasteiger charge is 2.24. The van der Waals surface area contributed by atoms with E-state index in [1.807, 2.05) is 0 Å². The number of rotatable bonds is 6. The van der Waals surface area contributed by atoms with Gasteiger partial charge in [0.15, 0.2) is 0 Å². The second-order valence-corrected chi connectivity index (χ2v) is 4.65. The lowest BCUT2D eigenvalue weighted by atomic mass is 10.1. The average molecular weight is 282 g/mol. The largest absolute Gasteiger partial charge is 0.467 e. The molecule has 2 rings (SSSR count). The fourth-order valence-corrected chi connectivity index (χ4v) is 2.33. The molecule has 1 aromatic heterocycles. The van der Waals surface area contributed by atoms with Crippen molar-refractivity contribution in [3.63, 3.8) is 0 Å². The van der Waals surface area contributed by atoms with Crippen LogP contribution in [0.4, 0.5) is 11.9 Å². The van der Waals surface area contributed by atoms with Gasteiger partial charge in [0, 0.05) is 19.7 Å². The standard InChI is InChI=1S/C12H22N6O2/c1-19-8-7-18(9-3-5-14-6-4-9)11-15-10(13)16-12(17-11)20-2/h9,14H,3-8H2,1-2H3,(H2,13,15,16,17). The summed E-state index contributed by atoms with van der Waals surface area (Å²) in [5.74, 6) is 0.724. The van der Waals surface area contributed by atoms with E-state index in [0.29, 0.717) is 25.1 Å². The monoisotopic (exact) mass is 282 g/mol. The first-order valence-electron chi connectivity index (χ1n) is 6.76. The lowest BCUT2D eigenvalue weighted by molar-refractivity contribution is 0.200. The van der Waals surface area contributed by atoms with Crippen LogP contribution in [0.2, 0.25) is 0 Å². The molecule has 0 amide bonds. The van der Waals surface area contributed by atoms with E-state index in [1.165, 1.54) is 7.11 Å². The molecule has 0 aromatic carbocycles. The minimum absolute atomic E-state index is 0.170. The predicted molar refractivity (Wildman–Crippen MR) is 75.9 cm³/mol. The summed E-state index contributed by atoms with van der Waals surface area (Å²) in [4.78, 5) is 14.6. The highest BCUT2D eigenvalue weighted by Crippen LogP contribution is 2.20. The molecular weight excluding hydrogens is 260 g/mol. The number of hydrogen-bond donors (Lipinski definition) is 2. The van der Waals surface area contributed by atoms with E-state index < -0.39 is 0 Å². The van der Waals surface area contributed by atoms with Crippen LogP contribution < -0.4 is 20.7 Å². The molecule has 112 valence electrons. The zero-order valence-corrected chi connectivity index (χ0v) is 12.0. The summed E-state index contributed by atoms with van der Waals surface area (Å²) in [7, 11) is 3.20. The second kappa shape index (κ2) is 7.20. The Bertz CT molecular complexity index is 424. The third kappa shape index (κ3) is 3.67. The molecule has 1 fully saturated rings. The van der Waals surface area contributed by atoms with E-state index in [0.717, 1.165) is 25.9 Å². The van der Waals surface area contributed by atoms with Gasteiger partial charge in [0.05, 0.1) is 13.7 Å².